The Morgan fingerprint density at radius 2 is 1.47 bits per heavy atom. The van der Waals surface area contributed by atoms with Crippen LogP contribution in [0.1, 0.15) is 6.92 Å². The standard InChI is InChI=1S/C9H12O4.2C2H4/c1-4-8(10)12-6-7(3)13-9(11)5-2;2*1-2/h4-5,7H,1-2,6H2,3H3;2*1-2H2. The van der Waals surface area contributed by atoms with Gasteiger partial charge in [0.25, 0.3) is 0 Å². The van der Waals surface area contributed by atoms with Crippen LogP contribution in [0.15, 0.2) is 51.6 Å². The molecule has 0 saturated carbocycles. The molecule has 0 spiro atoms. The summed E-state index contributed by atoms with van der Waals surface area (Å²) >= 11 is 0. The van der Waals surface area contributed by atoms with Crippen LogP contribution in [0.4, 0.5) is 0 Å². The van der Waals surface area contributed by atoms with Crippen LogP contribution >= 0.6 is 0 Å². The summed E-state index contributed by atoms with van der Waals surface area (Å²) < 4.78 is 9.36. The lowest BCUT2D eigenvalue weighted by Gasteiger charge is -2.10. The third-order valence-corrected chi connectivity index (χ3v) is 1.11. The van der Waals surface area contributed by atoms with E-state index in [1.807, 2.05) is 0 Å². The fourth-order valence-electron chi connectivity index (χ4n) is 0.539. The SMILES string of the molecule is C=C.C=C.C=CC(=O)OCC(C)OC(=O)C=C. The summed E-state index contributed by atoms with van der Waals surface area (Å²) in [5.41, 5.74) is 0. The minimum atomic E-state index is -0.540. The highest BCUT2D eigenvalue weighted by Gasteiger charge is 2.07. The molecule has 0 saturated heterocycles. The van der Waals surface area contributed by atoms with Crippen molar-refractivity contribution in [3.8, 4) is 0 Å². The molecule has 0 aliphatic carbocycles. The smallest absolute Gasteiger partial charge is 0.330 e. The lowest BCUT2D eigenvalue weighted by molar-refractivity contribution is -0.151. The molecule has 1 unspecified atom stereocenters. The quantitative estimate of drug-likeness (QED) is 0.421. The molecule has 4 nitrogen and oxygen atoms in total. The largest absolute Gasteiger partial charge is 0.459 e. The van der Waals surface area contributed by atoms with Gasteiger partial charge in [-0.25, -0.2) is 9.59 Å². The van der Waals surface area contributed by atoms with Crippen LogP contribution < -0.4 is 0 Å². The predicted octanol–water partition coefficient (Wildman–Crippen LogP) is 2.44. The molecule has 96 valence electrons. The highest BCUT2D eigenvalue weighted by atomic mass is 16.6. The average molecular weight is 240 g/mol. The molecule has 0 heterocycles. The van der Waals surface area contributed by atoms with Crippen LogP contribution in [0.2, 0.25) is 0 Å². The van der Waals surface area contributed by atoms with Crippen molar-refractivity contribution in [1.29, 1.82) is 0 Å². The minimum absolute atomic E-state index is 0.0183. The van der Waals surface area contributed by atoms with Crippen molar-refractivity contribution in [3.63, 3.8) is 0 Å². The Kier molecular flexibility index (Phi) is 19.5. The molecule has 0 bridgehead atoms. The van der Waals surface area contributed by atoms with E-state index in [2.05, 4.69) is 44.2 Å². The topological polar surface area (TPSA) is 52.6 Å². The number of rotatable bonds is 5. The van der Waals surface area contributed by atoms with Gasteiger partial charge in [-0.1, -0.05) is 13.2 Å². The summed E-state index contributed by atoms with van der Waals surface area (Å²) in [6.45, 7) is 20.1. The second-order valence-corrected chi connectivity index (χ2v) is 2.29. The molecule has 0 amide bonds. The van der Waals surface area contributed by atoms with Gasteiger partial charge >= 0.3 is 11.9 Å². The van der Waals surface area contributed by atoms with Crippen LogP contribution in [0.25, 0.3) is 0 Å². The summed E-state index contributed by atoms with van der Waals surface area (Å²) in [6, 6.07) is 0. The van der Waals surface area contributed by atoms with Gasteiger partial charge in [-0.15, -0.1) is 26.3 Å². The second-order valence-electron chi connectivity index (χ2n) is 2.29. The van der Waals surface area contributed by atoms with E-state index in [0.717, 1.165) is 12.2 Å². The van der Waals surface area contributed by atoms with Gasteiger partial charge in [0.1, 0.15) is 12.7 Å². The molecule has 17 heavy (non-hydrogen) atoms. The van der Waals surface area contributed by atoms with Crippen molar-refractivity contribution in [2.45, 2.75) is 13.0 Å². The molecule has 4 heteroatoms. The number of hydrogen-bond donors (Lipinski definition) is 0. The van der Waals surface area contributed by atoms with Crippen molar-refractivity contribution in [3.05, 3.63) is 51.6 Å². The van der Waals surface area contributed by atoms with Gasteiger partial charge in [-0.3, -0.25) is 0 Å². The van der Waals surface area contributed by atoms with Gasteiger partial charge < -0.3 is 9.47 Å². The summed E-state index contributed by atoms with van der Waals surface area (Å²) in [4.78, 5) is 21.2. The Morgan fingerprint density at radius 3 is 1.82 bits per heavy atom. The number of carbonyl (C=O) groups is 2. The molecule has 0 aromatic rings. The van der Waals surface area contributed by atoms with Gasteiger partial charge in [-0.05, 0) is 6.92 Å². The first-order valence-corrected chi connectivity index (χ1v) is 4.72. The molecule has 0 aromatic carbocycles. The maximum absolute atomic E-state index is 10.6. The monoisotopic (exact) mass is 240 g/mol. The Morgan fingerprint density at radius 1 is 1.06 bits per heavy atom. The third kappa shape index (κ3) is 16.6. The molecule has 0 aliphatic rings. The number of ether oxygens (including phenoxy) is 2. The highest BCUT2D eigenvalue weighted by Crippen LogP contribution is 1.94. The fourth-order valence-corrected chi connectivity index (χ4v) is 0.539. The van der Waals surface area contributed by atoms with E-state index in [1.54, 1.807) is 6.92 Å². The Bertz CT molecular complexity index is 244. The average Bonchev–Trinajstić information content (AvgIpc) is 2.40. The van der Waals surface area contributed by atoms with Gasteiger partial charge in [0.05, 0.1) is 0 Å². The summed E-state index contributed by atoms with van der Waals surface area (Å²) in [7, 11) is 0. The first-order valence-electron chi connectivity index (χ1n) is 4.72. The first-order chi connectivity index (χ1) is 8.10. The third-order valence-electron chi connectivity index (χ3n) is 1.11. The number of carbonyl (C=O) groups excluding carboxylic acids is 2. The van der Waals surface area contributed by atoms with Crippen LogP contribution in [0.5, 0.6) is 0 Å². The molecule has 0 rings (SSSR count). The van der Waals surface area contributed by atoms with E-state index in [1.165, 1.54) is 0 Å². The number of hydrogen-bond acceptors (Lipinski definition) is 4. The van der Waals surface area contributed by atoms with Crippen molar-refractivity contribution >= 4 is 11.9 Å². The van der Waals surface area contributed by atoms with Crippen LogP contribution in [0.3, 0.4) is 0 Å². The van der Waals surface area contributed by atoms with Gasteiger partial charge in [0.2, 0.25) is 0 Å². The zero-order valence-corrected chi connectivity index (χ0v) is 10.3. The van der Waals surface area contributed by atoms with Gasteiger partial charge in [-0.2, -0.15) is 0 Å². The van der Waals surface area contributed by atoms with Crippen LogP contribution in [-0.2, 0) is 19.1 Å². The molecule has 0 aliphatic heterocycles. The van der Waals surface area contributed by atoms with Crippen molar-refractivity contribution in [2.75, 3.05) is 6.61 Å². The Hall–Kier alpha value is -2.10. The lowest BCUT2D eigenvalue weighted by atomic mass is 10.4. The molecule has 0 fully saturated rings. The summed E-state index contributed by atoms with van der Waals surface area (Å²) in [5.74, 6) is -1.08. The molecule has 0 N–H and O–H groups in total. The van der Waals surface area contributed by atoms with E-state index in [-0.39, 0.29) is 6.61 Å². The molecule has 0 aromatic heterocycles. The molecular formula is C13H20O4. The first kappa shape index (κ1) is 20.3. The Balaban J connectivity index is -0.000000439. The van der Waals surface area contributed by atoms with E-state index in [0.29, 0.717) is 0 Å². The van der Waals surface area contributed by atoms with E-state index < -0.39 is 18.0 Å². The summed E-state index contributed by atoms with van der Waals surface area (Å²) in [6.07, 6.45) is 1.61. The van der Waals surface area contributed by atoms with E-state index in [4.69, 9.17) is 4.74 Å². The number of esters is 2. The molecular weight excluding hydrogens is 220 g/mol. The van der Waals surface area contributed by atoms with Gasteiger partial charge in [0.15, 0.2) is 0 Å². The predicted molar refractivity (Wildman–Crippen MR) is 69.4 cm³/mol. The van der Waals surface area contributed by atoms with E-state index >= 15 is 0 Å². The second kappa shape index (κ2) is 16.3. The van der Waals surface area contributed by atoms with Crippen LogP contribution in [0, 0.1) is 0 Å². The Labute approximate surface area is 103 Å². The maximum Gasteiger partial charge on any atom is 0.330 e. The molecule has 0 radical (unpaired) electrons. The highest BCUT2D eigenvalue weighted by molar-refractivity contribution is 5.82. The van der Waals surface area contributed by atoms with Crippen molar-refractivity contribution in [1.82, 2.24) is 0 Å². The van der Waals surface area contributed by atoms with E-state index in [9.17, 15) is 9.59 Å². The maximum atomic E-state index is 10.6. The normalized spacial score (nSPS) is 9.00. The zero-order valence-electron chi connectivity index (χ0n) is 10.3. The lowest BCUT2D eigenvalue weighted by Crippen LogP contribution is -2.20. The van der Waals surface area contributed by atoms with Crippen LogP contribution in [-0.4, -0.2) is 24.6 Å². The summed E-state index contributed by atoms with van der Waals surface area (Å²) in [5, 5.41) is 0. The molecule has 1 atom stereocenters. The fraction of sp³-hybridized carbons (Fsp3) is 0.231. The van der Waals surface area contributed by atoms with Gasteiger partial charge in [0, 0.05) is 12.2 Å². The zero-order chi connectivity index (χ0) is 14.3. The minimum Gasteiger partial charge on any atom is -0.459 e. The van der Waals surface area contributed by atoms with Crippen molar-refractivity contribution in [2.24, 2.45) is 0 Å². The van der Waals surface area contributed by atoms with Crippen molar-refractivity contribution < 1.29 is 19.1 Å².